The number of hydrogen-bond acceptors (Lipinski definition) is 9. The average molecular weight is 647 g/mol. The van der Waals surface area contributed by atoms with Gasteiger partial charge in [0, 0.05) is 28.2 Å². The highest BCUT2D eigenvalue weighted by Crippen LogP contribution is 2.43. The molecule has 3 N–H and O–H groups in total. The molecule has 0 saturated heterocycles. The van der Waals surface area contributed by atoms with E-state index in [4.69, 9.17) is 50.6 Å². The number of carbonyl (C=O) groups is 1. The molecule has 0 aliphatic heterocycles. The summed E-state index contributed by atoms with van der Waals surface area (Å²) in [6, 6.07) is 8.97. The number of nitrogens with zero attached hydrogens (tertiary/aromatic N) is 4. The molecule has 0 bridgehead atoms. The van der Waals surface area contributed by atoms with Gasteiger partial charge in [-0.1, -0.05) is 23.7 Å². The van der Waals surface area contributed by atoms with Gasteiger partial charge >= 0.3 is 5.97 Å². The van der Waals surface area contributed by atoms with Crippen molar-refractivity contribution in [1.82, 2.24) is 18.3 Å². The summed E-state index contributed by atoms with van der Waals surface area (Å²) in [7, 11) is 7.11. The highest BCUT2D eigenvalue weighted by molar-refractivity contribution is 7.71. The maximum atomic E-state index is 13.6. The minimum atomic E-state index is -1.37. The summed E-state index contributed by atoms with van der Waals surface area (Å²) in [5, 5.41) is 31.6. The van der Waals surface area contributed by atoms with Crippen LogP contribution in [0, 0.1) is 9.54 Å². The summed E-state index contributed by atoms with van der Waals surface area (Å²) in [6.07, 6.45) is 0. The zero-order valence-electron chi connectivity index (χ0n) is 23.6. The molecule has 0 aliphatic carbocycles. The van der Waals surface area contributed by atoms with E-state index in [0.29, 0.717) is 5.56 Å². The average Bonchev–Trinajstić information content (AvgIpc) is 2.99. The van der Waals surface area contributed by atoms with Crippen molar-refractivity contribution in [1.29, 1.82) is 0 Å². The maximum Gasteiger partial charge on any atom is 0.335 e. The van der Waals surface area contributed by atoms with Crippen LogP contribution >= 0.6 is 36.0 Å². The zero-order chi connectivity index (χ0) is 31.9. The molecule has 0 fully saturated rings. The fourth-order valence-electron chi connectivity index (χ4n) is 4.65. The largest absolute Gasteiger partial charge is 0.494 e. The smallest absolute Gasteiger partial charge is 0.335 e. The summed E-state index contributed by atoms with van der Waals surface area (Å²) in [5.41, 5.74) is -0.959. The molecule has 4 aromatic rings. The van der Waals surface area contributed by atoms with Crippen LogP contribution in [0.3, 0.4) is 0 Å². The number of aromatic nitrogens is 4. The monoisotopic (exact) mass is 646 g/mol. The second kappa shape index (κ2) is 12.1. The molecule has 2 aromatic heterocycles. The first kappa shape index (κ1) is 31.5. The lowest BCUT2D eigenvalue weighted by Gasteiger charge is -2.24. The number of aromatic carboxylic acids is 1. The number of carboxylic acid groups (broad SMARTS) is 1. The second-order valence-electron chi connectivity index (χ2n) is 9.64. The number of halogens is 1. The molecule has 0 amide bonds. The van der Waals surface area contributed by atoms with E-state index in [1.807, 2.05) is 0 Å². The van der Waals surface area contributed by atoms with Gasteiger partial charge in [0.1, 0.15) is 6.61 Å². The SMILES string of the molecule is COc1cc(C(c2c(O)n(C)c(=S)n(C)c2=O)c2c(O)n(C)c(=S)n(C)c2=O)cc(Cl)c1OCc1ccc(C(=O)O)cc1. The standard InChI is InChI=1S/C28H27ClN4O8S2/c1-30-22(34)19(23(35)31(2)27(30)42)18(20-24(36)32(3)28(43)33(4)25(20)37)15-10-16(29)21(17(11-15)40-5)41-12-13-6-8-14(9-7-13)26(38)39/h6-11,18,34,36H,12H2,1-5H3,(H,38,39). The Kier molecular flexibility index (Phi) is 8.85. The molecular formula is C28H27ClN4O8S2. The molecule has 0 unspecified atom stereocenters. The Morgan fingerprint density at radius 2 is 1.37 bits per heavy atom. The summed E-state index contributed by atoms with van der Waals surface area (Å²) >= 11 is 17.2. The fourth-order valence-corrected chi connectivity index (χ4v) is 5.26. The highest BCUT2D eigenvalue weighted by Gasteiger charge is 2.33. The summed E-state index contributed by atoms with van der Waals surface area (Å²) in [4.78, 5) is 38.4. The van der Waals surface area contributed by atoms with Crippen LogP contribution in [0.15, 0.2) is 46.0 Å². The predicted molar refractivity (Wildman–Crippen MR) is 163 cm³/mol. The lowest BCUT2D eigenvalue weighted by Crippen LogP contribution is -2.33. The van der Waals surface area contributed by atoms with Crippen LogP contribution in [-0.4, -0.2) is 46.7 Å². The number of aromatic hydroxyl groups is 2. The van der Waals surface area contributed by atoms with Crippen molar-refractivity contribution in [3.8, 4) is 23.3 Å². The number of hydrogen-bond donors (Lipinski definition) is 3. The molecule has 4 rings (SSSR count). The lowest BCUT2D eigenvalue weighted by molar-refractivity contribution is 0.0696. The minimum Gasteiger partial charge on any atom is -0.494 e. The van der Waals surface area contributed by atoms with Gasteiger partial charge < -0.3 is 24.8 Å². The van der Waals surface area contributed by atoms with Gasteiger partial charge in [0.2, 0.25) is 11.8 Å². The van der Waals surface area contributed by atoms with Crippen LogP contribution in [-0.2, 0) is 34.8 Å². The third kappa shape index (κ3) is 5.56. The van der Waals surface area contributed by atoms with Gasteiger partial charge in [-0.25, -0.2) is 4.79 Å². The molecule has 15 heteroatoms. The Labute approximate surface area is 259 Å². The Hall–Kier alpha value is -4.40. The van der Waals surface area contributed by atoms with Gasteiger partial charge in [-0.05, 0) is 59.8 Å². The van der Waals surface area contributed by atoms with Crippen LogP contribution in [0.4, 0.5) is 0 Å². The first-order valence-electron chi connectivity index (χ1n) is 12.5. The van der Waals surface area contributed by atoms with Crippen molar-refractivity contribution in [2.24, 2.45) is 28.2 Å². The van der Waals surface area contributed by atoms with Crippen molar-refractivity contribution >= 4 is 42.0 Å². The van der Waals surface area contributed by atoms with Crippen LogP contribution in [0.2, 0.25) is 5.02 Å². The molecule has 0 atom stereocenters. The Morgan fingerprint density at radius 1 is 0.884 bits per heavy atom. The Bertz CT molecular complexity index is 1930. The third-order valence-electron chi connectivity index (χ3n) is 7.08. The van der Waals surface area contributed by atoms with Crippen LogP contribution < -0.4 is 20.6 Å². The molecule has 0 spiro atoms. The second-order valence-corrected chi connectivity index (χ2v) is 10.8. The first-order valence-corrected chi connectivity index (χ1v) is 13.7. The van der Waals surface area contributed by atoms with E-state index in [0.717, 1.165) is 9.13 Å². The van der Waals surface area contributed by atoms with Crippen LogP contribution in [0.1, 0.15) is 38.5 Å². The number of benzene rings is 2. The molecule has 43 heavy (non-hydrogen) atoms. The number of methoxy groups -OCH3 is 1. The van der Waals surface area contributed by atoms with E-state index < -0.39 is 34.8 Å². The lowest BCUT2D eigenvalue weighted by atomic mass is 9.86. The summed E-state index contributed by atoms with van der Waals surface area (Å²) in [6.45, 7) is 0.00762. The first-order chi connectivity index (χ1) is 20.2. The van der Waals surface area contributed by atoms with E-state index in [1.165, 1.54) is 68.7 Å². The van der Waals surface area contributed by atoms with E-state index in [-0.39, 0.29) is 54.9 Å². The third-order valence-corrected chi connectivity index (χ3v) is 8.46. The Morgan fingerprint density at radius 3 is 1.81 bits per heavy atom. The molecule has 0 radical (unpaired) electrons. The number of carboxylic acids is 1. The zero-order valence-corrected chi connectivity index (χ0v) is 26.0. The Balaban J connectivity index is 1.97. The molecule has 226 valence electrons. The van der Waals surface area contributed by atoms with E-state index in [1.54, 1.807) is 12.1 Å². The predicted octanol–water partition coefficient (Wildman–Crippen LogP) is 3.75. The highest BCUT2D eigenvalue weighted by atomic mass is 35.5. The normalized spacial score (nSPS) is 11.1. The van der Waals surface area contributed by atoms with Gasteiger partial charge in [-0.2, -0.15) is 0 Å². The maximum absolute atomic E-state index is 13.6. The minimum absolute atomic E-state index is 0.00762. The quantitative estimate of drug-likeness (QED) is 0.242. The molecule has 12 nitrogen and oxygen atoms in total. The van der Waals surface area contributed by atoms with Crippen molar-refractivity contribution in [3.63, 3.8) is 0 Å². The van der Waals surface area contributed by atoms with Crippen molar-refractivity contribution in [2.75, 3.05) is 7.11 Å². The van der Waals surface area contributed by atoms with Gasteiger partial charge in [-0.3, -0.25) is 27.9 Å². The molecule has 0 saturated carbocycles. The molecular weight excluding hydrogens is 620 g/mol. The van der Waals surface area contributed by atoms with Crippen LogP contribution in [0.5, 0.6) is 23.3 Å². The fraction of sp³-hybridized carbons (Fsp3) is 0.250. The van der Waals surface area contributed by atoms with E-state index in [2.05, 4.69) is 0 Å². The molecule has 0 aliphatic rings. The van der Waals surface area contributed by atoms with Gasteiger partial charge in [0.05, 0.1) is 34.7 Å². The van der Waals surface area contributed by atoms with Gasteiger partial charge in [0.15, 0.2) is 21.0 Å². The van der Waals surface area contributed by atoms with E-state index >= 15 is 0 Å². The summed E-state index contributed by atoms with van der Waals surface area (Å²) in [5.74, 6) is -3.23. The van der Waals surface area contributed by atoms with Crippen molar-refractivity contribution in [3.05, 3.63) is 99.5 Å². The van der Waals surface area contributed by atoms with Gasteiger partial charge in [-0.15, -0.1) is 0 Å². The van der Waals surface area contributed by atoms with E-state index in [9.17, 15) is 24.6 Å². The van der Waals surface area contributed by atoms with Gasteiger partial charge in [0.25, 0.3) is 11.1 Å². The van der Waals surface area contributed by atoms with Crippen molar-refractivity contribution in [2.45, 2.75) is 12.5 Å². The van der Waals surface area contributed by atoms with Crippen molar-refractivity contribution < 1.29 is 29.6 Å². The topological polar surface area (TPSA) is 150 Å². The van der Waals surface area contributed by atoms with Crippen LogP contribution in [0.25, 0.3) is 0 Å². The summed E-state index contributed by atoms with van der Waals surface area (Å²) < 4.78 is 16.2. The molecule has 2 aromatic carbocycles. The molecule has 2 heterocycles. The number of ether oxygens (including phenoxy) is 2. The number of rotatable bonds is 8.